The van der Waals surface area contributed by atoms with Gasteiger partial charge < -0.3 is 0 Å². The molecule has 1 N–H and O–H groups in total. The van der Waals surface area contributed by atoms with Crippen molar-refractivity contribution >= 4 is 26.7 Å². The predicted octanol–water partition coefficient (Wildman–Crippen LogP) is 3.40. The molecule has 146 valence electrons. The van der Waals surface area contributed by atoms with Gasteiger partial charge in [0.05, 0.1) is 23.2 Å². The van der Waals surface area contributed by atoms with Crippen molar-refractivity contribution in [2.45, 2.75) is 4.90 Å². The van der Waals surface area contributed by atoms with Gasteiger partial charge in [0.1, 0.15) is 0 Å². The Labute approximate surface area is 168 Å². The number of sulfonamides is 1. The molecular formula is C22H19N3O3S. The minimum absolute atomic E-state index is 0.123. The summed E-state index contributed by atoms with van der Waals surface area (Å²) in [6.45, 7) is -0.334. The number of hydrogen-bond acceptors (Lipinski definition) is 4. The summed E-state index contributed by atoms with van der Waals surface area (Å²) in [5.74, 6) is -0.319. The summed E-state index contributed by atoms with van der Waals surface area (Å²) in [6, 6.07) is 21.5. The summed E-state index contributed by atoms with van der Waals surface area (Å²) < 4.78 is 29.0. The van der Waals surface area contributed by atoms with Crippen molar-refractivity contribution in [3.8, 4) is 11.1 Å². The Morgan fingerprint density at radius 2 is 1.62 bits per heavy atom. The van der Waals surface area contributed by atoms with E-state index in [0.717, 1.165) is 16.6 Å². The normalized spacial score (nSPS) is 11.6. The van der Waals surface area contributed by atoms with Crippen LogP contribution >= 0.6 is 0 Å². The summed E-state index contributed by atoms with van der Waals surface area (Å²) in [5.41, 5.74) is 3.08. The summed E-state index contributed by atoms with van der Waals surface area (Å²) in [4.78, 5) is 13.1. The van der Waals surface area contributed by atoms with Crippen molar-refractivity contribution in [3.05, 3.63) is 84.6 Å². The maximum Gasteiger partial charge on any atom is 0.240 e. The maximum absolute atomic E-state index is 13.0. The van der Waals surface area contributed by atoms with Gasteiger partial charge in [0, 0.05) is 18.0 Å². The average Bonchev–Trinajstić information content (AvgIpc) is 3.13. The first-order valence-corrected chi connectivity index (χ1v) is 10.5. The van der Waals surface area contributed by atoms with Crippen LogP contribution in [0.15, 0.2) is 83.9 Å². The van der Waals surface area contributed by atoms with Crippen molar-refractivity contribution in [3.63, 3.8) is 0 Å². The van der Waals surface area contributed by atoms with Gasteiger partial charge in [-0.25, -0.2) is 13.1 Å². The van der Waals surface area contributed by atoms with E-state index in [0.29, 0.717) is 10.9 Å². The SMILES string of the molecule is Cn1ncc2c(C(=O)CNS(=O)(=O)c3ccccc3)cc(-c3ccccc3)cc21. The molecule has 0 spiro atoms. The van der Waals surface area contributed by atoms with Gasteiger partial charge in [-0.1, -0.05) is 48.5 Å². The Kier molecular flexibility index (Phi) is 5.00. The summed E-state index contributed by atoms with van der Waals surface area (Å²) in [6.07, 6.45) is 1.63. The smallest absolute Gasteiger partial charge is 0.240 e. The second-order valence-corrected chi connectivity index (χ2v) is 8.42. The molecule has 0 radical (unpaired) electrons. The van der Waals surface area contributed by atoms with Gasteiger partial charge in [-0.15, -0.1) is 0 Å². The molecule has 0 bridgehead atoms. The average molecular weight is 405 g/mol. The van der Waals surface area contributed by atoms with E-state index in [4.69, 9.17) is 0 Å². The Morgan fingerprint density at radius 1 is 0.966 bits per heavy atom. The van der Waals surface area contributed by atoms with E-state index < -0.39 is 10.0 Å². The van der Waals surface area contributed by atoms with Crippen LogP contribution in [0.1, 0.15) is 10.4 Å². The highest BCUT2D eigenvalue weighted by Gasteiger charge is 2.19. The molecule has 0 aliphatic carbocycles. The molecule has 0 unspecified atom stereocenters. The van der Waals surface area contributed by atoms with Crippen LogP contribution in [-0.2, 0) is 17.1 Å². The largest absolute Gasteiger partial charge is 0.293 e. The quantitative estimate of drug-likeness (QED) is 0.499. The third-order valence-corrected chi connectivity index (χ3v) is 6.17. The highest BCUT2D eigenvalue weighted by molar-refractivity contribution is 7.89. The first-order valence-electron chi connectivity index (χ1n) is 9.05. The van der Waals surface area contributed by atoms with Gasteiger partial charge >= 0.3 is 0 Å². The fourth-order valence-corrected chi connectivity index (χ4v) is 4.22. The van der Waals surface area contributed by atoms with Crippen molar-refractivity contribution < 1.29 is 13.2 Å². The first kappa shape index (κ1) is 19.0. The molecule has 0 aliphatic rings. The molecule has 6 nitrogen and oxygen atoms in total. The molecule has 7 heteroatoms. The van der Waals surface area contributed by atoms with E-state index >= 15 is 0 Å². The Hall–Kier alpha value is -3.29. The monoisotopic (exact) mass is 405 g/mol. The van der Waals surface area contributed by atoms with Crippen molar-refractivity contribution in [2.24, 2.45) is 7.05 Å². The van der Waals surface area contributed by atoms with Gasteiger partial charge in [-0.3, -0.25) is 9.48 Å². The molecule has 3 aromatic carbocycles. The first-order chi connectivity index (χ1) is 14.0. The lowest BCUT2D eigenvalue weighted by atomic mass is 9.98. The van der Waals surface area contributed by atoms with Crippen molar-refractivity contribution in [2.75, 3.05) is 6.54 Å². The number of fused-ring (bicyclic) bond motifs is 1. The number of aromatic nitrogens is 2. The zero-order chi connectivity index (χ0) is 20.4. The number of rotatable bonds is 6. The number of hydrogen-bond donors (Lipinski definition) is 1. The lowest BCUT2D eigenvalue weighted by Crippen LogP contribution is -2.29. The van der Waals surface area contributed by atoms with Crippen LogP contribution in [0.5, 0.6) is 0 Å². The van der Waals surface area contributed by atoms with Gasteiger partial charge in [-0.2, -0.15) is 5.10 Å². The maximum atomic E-state index is 13.0. The second-order valence-electron chi connectivity index (χ2n) is 6.65. The summed E-state index contributed by atoms with van der Waals surface area (Å²) >= 11 is 0. The van der Waals surface area contributed by atoms with Crippen LogP contribution in [0.4, 0.5) is 0 Å². The zero-order valence-electron chi connectivity index (χ0n) is 15.7. The molecule has 0 atom stereocenters. The van der Waals surface area contributed by atoms with Gasteiger partial charge in [0.25, 0.3) is 0 Å². The number of ketones is 1. The molecule has 0 saturated carbocycles. The predicted molar refractivity (Wildman–Crippen MR) is 112 cm³/mol. The number of benzene rings is 3. The topological polar surface area (TPSA) is 81.1 Å². The van der Waals surface area contributed by atoms with Crippen LogP contribution in [0.25, 0.3) is 22.0 Å². The fourth-order valence-electron chi connectivity index (χ4n) is 3.21. The van der Waals surface area contributed by atoms with Crippen LogP contribution < -0.4 is 4.72 Å². The molecule has 0 saturated heterocycles. The van der Waals surface area contributed by atoms with Gasteiger partial charge in [-0.05, 0) is 35.4 Å². The van der Waals surface area contributed by atoms with E-state index in [1.807, 2.05) is 43.4 Å². The number of Topliss-reactive ketones (excluding diaryl/α,β-unsaturated/α-hetero) is 1. The minimum Gasteiger partial charge on any atom is -0.293 e. The zero-order valence-corrected chi connectivity index (χ0v) is 16.6. The molecule has 4 aromatic rings. The molecule has 4 rings (SSSR count). The summed E-state index contributed by atoms with van der Waals surface area (Å²) in [7, 11) is -1.96. The van der Waals surface area contributed by atoms with Crippen LogP contribution in [0.2, 0.25) is 0 Å². The van der Waals surface area contributed by atoms with E-state index in [1.165, 1.54) is 12.1 Å². The highest BCUT2D eigenvalue weighted by atomic mass is 32.2. The fraction of sp³-hybridized carbons (Fsp3) is 0.0909. The van der Waals surface area contributed by atoms with E-state index in [2.05, 4.69) is 9.82 Å². The van der Waals surface area contributed by atoms with E-state index in [9.17, 15) is 13.2 Å². The van der Waals surface area contributed by atoms with Crippen LogP contribution in [-0.4, -0.2) is 30.5 Å². The molecular weight excluding hydrogens is 386 g/mol. The number of carbonyl (C=O) groups is 1. The van der Waals surface area contributed by atoms with Crippen LogP contribution in [0, 0.1) is 0 Å². The van der Waals surface area contributed by atoms with Crippen molar-refractivity contribution in [1.82, 2.24) is 14.5 Å². The minimum atomic E-state index is -3.77. The number of carbonyl (C=O) groups excluding carboxylic acids is 1. The molecule has 0 aliphatic heterocycles. The van der Waals surface area contributed by atoms with Crippen molar-refractivity contribution in [1.29, 1.82) is 0 Å². The highest BCUT2D eigenvalue weighted by Crippen LogP contribution is 2.28. The van der Waals surface area contributed by atoms with Gasteiger partial charge in [0.2, 0.25) is 10.0 Å². The lowest BCUT2D eigenvalue weighted by Gasteiger charge is -2.10. The van der Waals surface area contributed by atoms with Crippen LogP contribution in [0.3, 0.4) is 0 Å². The van der Waals surface area contributed by atoms with E-state index in [1.54, 1.807) is 35.1 Å². The van der Waals surface area contributed by atoms with Gasteiger partial charge in [0.15, 0.2) is 5.78 Å². The molecule has 1 aromatic heterocycles. The third kappa shape index (κ3) is 3.83. The lowest BCUT2D eigenvalue weighted by molar-refractivity contribution is 0.0998. The Balaban J connectivity index is 1.69. The second kappa shape index (κ2) is 7.62. The molecule has 29 heavy (non-hydrogen) atoms. The Bertz CT molecular complexity index is 1280. The summed E-state index contributed by atoms with van der Waals surface area (Å²) in [5, 5.41) is 4.95. The molecule has 1 heterocycles. The Morgan fingerprint density at radius 3 is 2.31 bits per heavy atom. The standard InChI is InChI=1S/C22H19N3O3S/c1-25-21-13-17(16-8-4-2-5-9-16)12-19(20(21)14-23-25)22(26)15-24-29(27,28)18-10-6-3-7-11-18/h2-14,24H,15H2,1H3. The molecule has 0 fully saturated rings. The van der Waals surface area contributed by atoms with E-state index in [-0.39, 0.29) is 17.2 Å². The number of nitrogens with zero attached hydrogens (tertiary/aromatic N) is 2. The third-order valence-electron chi connectivity index (χ3n) is 4.75. The number of nitrogens with one attached hydrogen (secondary N) is 1. The number of aryl methyl sites for hydroxylation is 1. The molecule has 0 amide bonds.